The van der Waals surface area contributed by atoms with Crippen LogP contribution in [0.2, 0.25) is 0 Å². The molecule has 0 fully saturated rings. The van der Waals surface area contributed by atoms with E-state index in [2.05, 4.69) is 0 Å². The molecule has 0 aliphatic rings. The van der Waals surface area contributed by atoms with Crippen LogP contribution >= 0.6 is 8.25 Å². The van der Waals surface area contributed by atoms with Gasteiger partial charge in [-0.15, -0.1) is 9.05 Å². The van der Waals surface area contributed by atoms with Crippen LogP contribution in [0.5, 0.6) is 0 Å². The molecule has 0 aliphatic carbocycles. The summed E-state index contributed by atoms with van der Waals surface area (Å²) in [5.74, 6) is 0.209. The summed E-state index contributed by atoms with van der Waals surface area (Å²) >= 11 is 0. The third kappa shape index (κ3) is 13.8. The van der Waals surface area contributed by atoms with Gasteiger partial charge in [0, 0.05) is 12.4 Å². The van der Waals surface area contributed by atoms with Crippen LogP contribution in [-0.2, 0) is 18.4 Å². The summed E-state index contributed by atoms with van der Waals surface area (Å²) in [5, 5.41) is 0. The number of ketones is 1. The van der Waals surface area contributed by atoms with E-state index in [9.17, 15) is 9.36 Å². The van der Waals surface area contributed by atoms with Gasteiger partial charge in [-0.2, -0.15) is 0 Å². The lowest BCUT2D eigenvalue weighted by molar-refractivity contribution is -0.117. The lowest BCUT2D eigenvalue weighted by Gasteiger charge is -1.96. The summed E-state index contributed by atoms with van der Waals surface area (Å²) in [6, 6.07) is 0. The average Bonchev–Trinajstić information content (AvgIpc) is 2.37. The number of rotatable bonds is 13. The molecule has 0 rings (SSSR count). The molecule has 1 atom stereocenters. The molecule has 0 aromatic heterocycles. The Bertz CT molecular complexity index is 249. The highest BCUT2D eigenvalue weighted by Crippen LogP contribution is 2.24. The van der Waals surface area contributed by atoms with E-state index < -0.39 is 8.25 Å². The lowest BCUT2D eigenvalue weighted by Crippen LogP contribution is -1.93. The van der Waals surface area contributed by atoms with Crippen molar-refractivity contribution < 1.29 is 19.8 Å². The molecule has 0 spiro atoms. The maximum Gasteiger partial charge on any atom is 0.697 e. The van der Waals surface area contributed by atoms with Gasteiger partial charge >= 0.3 is 8.25 Å². The van der Waals surface area contributed by atoms with Crippen LogP contribution in [0, 0.1) is 0 Å². The first kappa shape index (κ1) is 15.7. The molecule has 0 aromatic carbocycles. The number of carbonyl (C=O) groups excluding carboxylic acids is 1. The maximum absolute atomic E-state index is 11.3. The monoisotopic (exact) mass is 278 g/mol. The predicted octanol–water partition coefficient (Wildman–Crippen LogP) is 4.41. The summed E-state index contributed by atoms with van der Waals surface area (Å²) in [7, 11) is -1.99. The van der Waals surface area contributed by atoms with E-state index >= 15 is 0 Å². The fraction of sp³-hybridized carbons (Fsp3) is 0.923. The van der Waals surface area contributed by atoms with E-state index in [1.54, 1.807) is 6.92 Å². The summed E-state index contributed by atoms with van der Waals surface area (Å²) in [6.07, 6.45) is 7.02. The molecule has 0 radical (unpaired) electrons. The number of Topliss-reactive ketones (excluding diaryl/α,β-unsaturated/α-hetero) is 1. The van der Waals surface area contributed by atoms with Crippen LogP contribution in [0.25, 0.3) is 0 Å². The van der Waals surface area contributed by atoms with Gasteiger partial charge in [-0.1, -0.05) is 32.6 Å². The van der Waals surface area contributed by atoms with Crippen molar-refractivity contribution in [1.82, 2.24) is 0 Å². The van der Waals surface area contributed by atoms with Crippen LogP contribution < -0.4 is 0 Å². The van der Waals surface area contributed by atoms with E-state index in [1.165, 1.54) is 0 Å². The molecular weight excluding hydrogens is 251 g/mol. The molecular formula is C13H26O4P+. The minimum absolute atomic E-state index is 0.209. The molecule has 0 aliphatic heterocycles. The molecule has 1 unspecified atom stereocenters. The molecule has 18 heavy (non-hydrogen) atoms. The molecule has 0 saturated carbocycles. The highest BCUT2D eigenvalue weighted by Gasteiger charge is 2.18. The van der Waals surface area contributed by atoms with E-state index in [4.69, 9.17) is 10.4 Å². The highest BCUT2D eigenvalue weighted by atomic mass is 31.1. The molecule has 5 heteroatoms. The first-order valence-corrected chi connectivity index (χ1v) is 7.78. The van der Waals surface area contributed by atoms with Gasteiger partial charge in [-0.05, 0) is 26.2 Å². The predicted molar refractivity (Wildman–Crippen MR) is 72.8 cm³/mol. The molecule has 0 aromatic rings. The quantitative estimate of drug-likeness (QED) is 0.370. The fourth-order valence-corrected chi connectivity index (χ4v) is 2.05. The molecule has 0 N–H and O–H groups in total. The number of unbranched alkanes of at least 4 members (excludes halogenated alkanes) is 5. The molecule has 106 valence electrons. The van der Waals surface area contributed by atoms with Gasteiger partial charge in [-0.3, -0.25) is 0 Å². The Balaban J connectivity index is 3.19. The molecule has 0 bridgehead atoms. The third-order valence-corrected chi connectivity index (χ3v) is 3.25. The lowest BCUT2D eigenvalue weighted by atomic mass is 10.1. The molecule has 0 heterocycles. The first-order chi connectivity index (χ1) is 9.16. The second-order valence-electron chi connectivity index (χ2n) is 4.32. The SMILES string of the molecule is [2H]CCCCCCO[P+](=O)OCCCCCC(C)=O. The second-order valence-corrected chi connectivity index (χ2v) is 5.28. The van der Waals surface area contributed by atoms with E-state index in [-0.39, 0.29) is 5.78 Å². The van der Waals surface area contributed by atoms with Crippen LogP contribution in [0.1, 0.15) is 66.6 Å². The van der Waals surface area contributed by atoms with Crippen LogP contribution in [-0.4, -0.2) is 19.0 Å². The van der Waals surface area contributed by atoms with Crippen LogP contribution in [0.4, 0.5) is 0 Å². The zero-order valence-corrected chi connectivity index (χ0v) is 12.3. The van der Waals surface area contributed by atoms with E-state index in [0.717, 1.165) is 44.9 Å². The largest absolute Gasteiger partial charge is 0.697 e. The van der Waals surface area contributed by atoms with Crippen molar-refractivity contribution in [2.75, 3.05) is 13.2 Å². The Labute approximate surface area is 113 Å². The zero-order chi connectivity index (χ0) is 14.3. The first-order valence-electron chi connectivity index (χ1n) is 7.39. The Morgan fingerprint density at radius 2 is 1.67 bits per heavy atom. The van der Waals surface area contributed by atoms with Crippen molar-refractivity contribution in [3.8, 4) is 0 Å². The minimum Gasteiger partial charge on any atom is -0.300 e. The summed E-state index contributed by atoms with van der Waals surface area (Å²) in [4.78, 5) is 10.7. The summed E-state index contributed by atoms with van der Waals surface area (Å²) < 4.78 is 28.4. The van der Waals surface area contributed by atoms with Crippen LogP contribution in [0.3, 0.4) is 0 Å². The third-order valence-electron chi connectivity index (χ3n) is 2.46. The fourth-order valence-electron chi connectivity index (χ4n) is 1.42. The van der Waals surface area contributed by atoms with Crippen molar-refractivity contribution in [2.45, 2.75) is 65.2 Å². The van der Waals surface area contributed by atoms with Crippen molar-refractivity contribution in [3.63, 3.8) is 0 Å². The van der Waals surface area contributed by atoms with Crippen molar-refractivity contribution in [2.24, 2.45) is 0 Å². The van der Waals surface area contributed by atoms with Crippen molar-refractivity contribution in [3.05, 3.63) is 0 Å². The smallest absolute Gasteiger partial charge is 0.300 e. The van der Waals surface area contributed by atoms with E-state index in [1.807, 2.05) is 0 Å². The maximum atomic E-state index is 11.3. The van der Waals surface area contributed by atoms with Gasteiger partial charge < -0.3 is 4.79 Å². The van der Waals surface area contributed by atoms with Gasteiger partial charge in [0.25, 0.3) is 0 Å². The highest BCUT2D eigenvalue weighted by molar-refractivity contribution is 7.33. The molecule has 0 saturated heterocycles. The normalized spacial score (nSPS) is 12.3. The van der Waals surface area contributed by atoms with Crippen molar-refractivity contribution in [1.29, 1.82) is 0 Å². The topological polar surface area (TPSA) is 52.6 Å². The summed E-state index contributed by atoms with van der Waals surface area (Å²) in [6.45, 7) is 2.94. The number of carbonyl (C=O) groups is 1. The van der Waals surface area contributed by atoms with Crippen molar-refractivity contribution >= 4 is 14.0 Å². The van der Waals surface area contributed by atoms with Crippen LogP contribution in [0.15, 0.2) is 0 Å². The Kier molecular flexibility index (Phi) is 11.5. The molecule has 0 amide bonds. The van der Waals surface area contributed by atoms with Gasteiger partial charge in [0.05, 0.1) is 0 Å². The van der Waals surface area contributed by atoms with Gasteiger partial charge in [-0.25, -0.2) is 0 Å². The van der Waals surface area contributed by atoms with Gasteiger partial charge in [0.1, 0.15) is 19.0 Å². The number of hydrogen-bond donors (Lipinski definition) is 0. The average molecular weight is 278 g/mol. The van der Waals surface area contributed by atoms with Gasteiger partial charge in [0.15, 0.2) is 0 Å². The Hall–Kier alpha value is -0.310. The Morgan fingerprint density at radius 3 is 2.22 bits per heavy atom. The second kappa shape index (κ2) is 13.1. The zero-order valence-electron chi connectivity index (χ0n) is 12.4. The van der Waals surface area contributed by atoms with Gasteiger partial charge in [0.2, 0.25) is 0 Å². The number of hydrogen-bond acceptors (Lipinski definition) is 4. The Morgan fingerprint density at radius 1 is 1.06 bits per heavy atom. The standard InChI is InChI=1S/C13H26O4P/c1-3-4-5-8-11-16-18(15)17-12-9-6-7-10-13(2)14/h3-12H2,1-2H3/q+1/i1D. The minimum atomic E-state index is -1.99. The molecule has 4 nitrogen and oxygen atoms in total. The summed E-state index contributed by atoms with van der Waals surface area (Å²) in [5.41, 5.74) is 0. The van der Waals surface area contributed by atoms with E-state index in [0.29, 0.717) is 26.5 Å².